The van der Waals surface area contributed by atoms with E-state index in [-0.39, 0.29) is 16.5 Å². The first kappa shape index (κ1) is 21.2. The molecule has 0 aliphatic carbocycles. The second kappa shape index (κ2) is 8.46. The lowest BCUT2D eigenvalue weighted by Gasteiger charge is -2.16. The lowest BCUT2D eigenvalue weighted by Crippen LogP contribution is -2.24. The number of nitrogens with one attached hydrogen (secondary N) is 2. The number of nitrogens with zero attached hydrogens (tertiary/aromatic N) is 1. The smallest absolute Gasteiger partial charge is 0.333 e. The van der Waals surface area contributed by atoms with Crippen LogP contribution < -0.4 is 5.32 Å². The fourth-order valence-corrected chi connectivity index (χ4v) is 3.41. The highest BCUT2D eigenvalue weighted by atomic mass is 35.5. The van der Waals surface area contributed by atoms with Gasteiger partial charge in [0.05, 0.1) is 28.4 Å². The Morgan fingerprint density at radius 3 is 2.55 bits per heavy atom. The van der Waals surface area contributed by atoms with Gasteiger partial charge in [-0.3, -0.25) is 4.79 Å². The van der Waals surface area contributed by atoms with Crippen molar-refractivity contribution in [3.05, 3.63) is 65.1 Å². The lowest BCUT2D eigenvalue weighted by atomic mass is 10.1. The molecule has 10 heteroatoms. The molecule has 0 aliphatic heterocycles. The van der Waals surface area contributed by atoms with Gasteiger partial charge in [0, 0.05) is 5.02 Å². The number of anilines is 1. The fraction of sp³-hybridized carbons (Fsp3) is 0.158. The van der Waals surface area contributed by atoms with Crippen LogP contribution in [0.2, 0.25) is 5.02 Å². The van der Waals surface area contributed by atoms with Crippen LogP contribution in [0.5, 0.6) is 0 Å². The van der Waals surface area contributed by atoms with E-state index in [9.17, 15) is 22.4 Å². The molecule has 2 N–H and O–H groups in total. The van der Waals surface area contributed by atoms with Crippen molar-refractivity contribution in [2.75, 3.05) is 5.32 Å². The number of hydrogen-bond donors (Lipinski definition) is 2. The summed E-state index contributed by atoms with van der Waals surface area (Å²) in [7, 11) is 0. The van der Waals surface area contributed by atoms with Crippen molar-refractivity contribution in [3.63, 3.8) is 0 Å². The molecule has 3 aromatic rings. The van der Waals surface area contributed by atoms with E-state index < -0.39 is 22.9 Å². The maximum absolute atomic E-state index is 13.2. The Morgan fingerprint density at radius 2 is 1.90 bits per heavy atom. The number of alkyl halides is 3. The van der Waals surface area contributed by atoms with Gasteiger partial charge in [-0.05, 0) is 55.0 Å². The normalized spacial score (nSPS) is 12.6. The van der Waals surface area contributed by atoms with Crippen molar-refractivity contribution in [1.29, 1.82) is 0 Å². The quantitative estimate of drug-likeness (QED) is 0.375. The molecule has 0 bridgehead atoms. The molecule has 0 saturated carbocycles. The minimum atomic E-state index is -4.66. The number of rotatable bonds is 5. The van der Waals surface area contributed by atoms with Crippen LogP contribution in [0.4, 0.5) is 23.2 Å². The molecular weight excluding hydrogens is 430 g/mol. The molecule has 0 fully saturated rings. The minimum absolute atomic E-state index is 0.0818. The molecule has 0 aliphatic rings. The van der Waals surface area contributed by atoms with Crippen LogP contribution in [0.3, 0.4) is 0 Å². The Morgan fingerprint density at radius 1 is 1.21 bits per heavy atom. The summed E-state index contributed by atoms with van der Waals surface area (Å²) in [5.41, 5.74) is -0.0612. The zero-order valence-electron chi connectivity index (χ0n) is 14.8. The second-order valence-electron chi connectivity index (χ2n) is 6.05. The first-order valence-electron chi connectivity index (χ1n) is 8.28. The molecule has 1 atom stereocenters. The van der Waals surface area contributed by atoms with Gasteiger partial charge in [0.25, 0.3) is 0 Å². The molecule has 0 radical (unpaired) electrons. The van der Waals surface area contributed by atoms with E-state index in [0.717, 1.165) is 23.9 Å². The summed E-state index contributed by atoms with van der Waals surface area (Å²) in [6.45, 7) is 1.54. The predicted octanol–water partition coefficient (Wildman–Crippen LogP) is 6.01. The van der Waals surface area contributed by atoms with Crippen LogP contribution >= 0.6 is 23.4 Å². The third kappa shape index (κ3) is 5.30. The van der Waals surface area contributed by atoms with Gasteiger partial charge in [0.15, 0.2) is 5.16 Å². The highest BCUT2D eigenvalue weighted by molar-refractivity contribution is 8.00. The number of hydrogen-bond acceptors (Lipinski definition) is 3. The van der Waals surface area contributed by atoms with Crippen molar-refractivity contribution in [2.24, 2.45) is 0 Å². The van der Waals surface area contributed by atoms with Gasteiger partial charge in [0.2, 0.25) is 5.91 Å². The summed E-state index contributed by atoms with van der Waals surface area (Å²) in [4.78, 5) is 19.5. The lowest BCUT2D eigenvalue weighted by molar-refractivity contribution is -0.137. The van der Waals surface area contributed by atoms with Crippen molar-refractivity contribution in [1.82, 2.24) is 9.97 Å². The van der Waals surface area contributed by atoms with E-state index in [4.69, 9.17) is 11.6 Å². The Labute approximate surface area is 172 Å². The number of H-pyrrole nitrogens is 1. The summed E-state index contributed by atoms with van der Waals surface area (Å²) in [5, 5.41) is 1.87. The van der Waals surface area contributed by atoms with E-state index in [1.54, 1.807) is 19.1 Å². The van der Waals surface area contributed by atoms with Gasteiger partial charge in [-0.1, -0.05) is 23.4 Å². The van der Waals surface area contributed by atoms with Gasteiger partial charge in [-0.2, -0.15) is 13.2 Å². The monoisotopic (exact) mass is 443 g/mol. The number of carbonyl (C=O) groups excluding carboxylic acids is 1. The van der Waals surface area contributed by atoms with Crippen molar-refractivity contribution >= 4 is 35.0 Å². The summed E-state index contributed by atoms with van der Waals surface area (Å²) in [6.07, 6.45) is -3.13. The van der Waals surface area contributed by atoms with Crippen LogP contribution in [-0.4, -0.2) is 21.1 Å². The third-order valence-corrected chi connectivity index (χ3v) is 5.14. The number of aromatic amines is 1. The SMILES string of the molecule is CC(Sc1ncc(-c2ccc(F)cc2)[nH]1)C(=O)Nc1ccc(Cl)cc1C(F)(F)F. The van der Waals surface area contributed by atoms with Gasteiger partial charge in [-0.25, -0.2) is 9.37 Å². The molecular formula is C19H14ClF4N3OS. The van der Waals surface area contributed by atoms with Gasteiger partial charge in [0.1, 0.15) is 5.82 Å². The number of benzene rings is 2. The summed E-state index contributed by atoms with van der Waals surface area (Å²) >= 11 is 6.69. The molecule has 0 saturated heterocycles. The number of halogens is 5. The minimum Gasteiger partial charge on any atom is -0.333 e. The Kier molecular flexibility index (Phi) is 6.18. The number of thioether (sulfide) groups is 1. The molecule has 0 spiro atoms. The van der Waals surface area contributed by atoms with Crippen molar-refractivity contribution < 1.29 is 22.4 Å². The van der Waals surface area contributed by atoms with Crippen LogP contribution in [0.15, 0.2) is 53.8 Å². The first-order chi connectivity index (χ1) is 13.6. The number of aromatic nitrogens is 2. The Balaban J connectivity index is 1.70. The molecule has 2 aromatic carbocycles. The zero-order chi connectivity index (χ0) is 21.2. The van der Waals surface area contributed by atoms with Crippen LogP contribution in [0.25, 0.3) is 11.3 Å². The molecule has 3 rings (SSSR count). The highest BCUT2D eigenvalue weighted by Gasteiger charge is 2.34. The maximum atomic E-state index is 13.2. The molecule has 1 aromatic heterocycles. The summed E-state index contributed by atoms with van der Waals surface area (Å²) < 4.78 is 52.5. The fourth-order valence-electron chi connectivity index (χ4n) is 2.45. The number of amides is 1. The molecule has 29 heavy (non-hydrogen) atoms. The summed E-state index contributed by atoms with van der Waals surface area (Å²) in [6, 6.07) is 8.91. The molecule has 152 valence electrons. The van der Waals surface area contributed by atoms with E-state index in [1.165, 1.54) is 24.4 Å². The number of imidazole rings is 1. The molecule has 1 amide bonds. The maximum Gasteiger partial charge on any atom is 0.418 e. The van der Waals surface area contributed by atoms with E-state index >= 15 is 0 Å². The Hall–Kier alpha value is -2.52. The van der Waals surface area contributed by atoms with E-state index in [0.29, 0.717) is 16.4 Å². The summed E-state index contributed by atoms with van der Waals surface area (Å²) in [5.74, 6) is -0.990. The average Bonchev–Trinajstić information content (AvgIpc) is 3.11. The van der Waals surface area contributed by atoms with Crippen LogP contribution in [-0.2, 0) is 11.0 Å². The Bertz CT molecular complexity index is 1020. The molecule has 4 nitrogen and oxygen atoms in total. The van der Waals surface area contributed by atoms with Gasteiger partial charge < -0.3 is 10.3 Å². The third-order valence-electron chi connectivity index (χ3n) is 3.91. The predicted molar refractivity (Wildman–Crippen MR) is 104 cm³/mol. The van der Waals surface area contributed by atoms with Crippen molar-refractivity contribution in [2.45, 2.75) is 23.5 Å². The number of carbonyl (C=O) groups is 1. The second-order valence-corrected chi connectivity index (χ2v) is 7.81. The zero-order valence-corrected chi connectivity index (χ0v) is 16.4. The van der Waals surface area contributed by atoms with Crippen molar-refractivity contribution in [3.8, 4) is 11.3 Å². The van der Waals surface area contributed by atoms with Crippen LogP contribution in [0, 0.1) is 5.82 Å². The van der Waals surface area contributed by atoms with Crippen LogP contribution in [0.1, 0.15) is 12.5 Å². The highest BCUT2D eigenvalue weighted by Crippen LogP contribution is 2.37. The largest absolute Gasteiger partial charge is 0.418 e. The average molecular weight is 444 g/mol. The first-order valence-corrected chi connectivity index (χ1v) is 9.54. The standard InChI is InChI=1S/C19H14ClF4N3OS/c1-10(17(28)26-15-7-4-12(20)8-14(15)19(22,23)24)29-18-25-9-16(27-18)11-2-5-13(21)6-3-11/h2-10H,1H3,(H,25,27)(H,26,28). The van der Waals surface area contributed by atoms with Gasteiger partial charge in [-0.15, -0.1) is 0 Å². The molecule has 1 heterocycles. The molecule has 1 unspecified atom stereocenters. The van der Waals surface area contributed by atoms with E-state index in [2.05, 4.69) is 15.3 Å². The topological polar surface area (TPSA) is 57.8 Å². The van der Waals surface area contributed by atoms with E-state index in [1.807, 2.05) is 0 Å². The van der Waals surface area contributed by atoms with Gasteiger partial charge >= 0.3 is 6.18 Å².